The molecule has 2 aromatic rings. The molecule has 3 rings (SSSR count). The van der Waals surface area contributed by atoms with Crippen LogP contribution in [0.4, 0.5) is 11.4 Å². The number of hydrogen-bond acceptors (Lipinski definition) is 5. The number of imide groups is 1. The Labute approximate surface area is 150 Å². The van der Waals surface area contributed by atoms with E-state index in [9.17, 15) is 22.8 Å². The van der Waals surface area contributed by atoms with E-state index in [4.69, 9.17) is 0 Å². The molecule has 2 amide bonds. The molecule has 2 aromatic carbocycles. The van der Waals surface area contributed by atoms with E-state index in [2.05, 4.69) is 4.72 Å². The summed E-state index contributed by atoms with van der Waals surface area (Å²) < 4.78 is 27.6. The Morgan fingerprint density at radius 3 is 2.19 bits per heavy atom. The van der Waals surface area contributed by atoms with Crippen LogP contribution in [0.1, 0.15) is 30.1 Å². The van der Waals surface area contributed by atoms with Gasteiger partial charge in [-0.05, 0) is 49.4 Å². The van der Waals surface area contributed by atoms with E-state index in [0.29, 0.717) is 11.3 Å². The summed E-state index contributed by atoms with van der Waals surface area (Å²) in [4.78, 5) is 35.9. The van der Waals surface area contributed by atoms with Crippen molar-refractivity contribution in [1.82, 2.24) is 0 Å². The fourth-order valence-corrected chi connectivity index (χ4v) is 3.74. The lowest BCUT2D eigenvalue weighted by Crippen LogP contribution is -2.28. The quantitative estimate of drug-likeness (QED) is 0.641. The van der Waals surface area contributed by atoms with Crippen LogP contribution in [0.5, 0.6) is 0 Å². The minimum Gasteiger partial charge on any atom is -0.295 e. The summed E-state index contributed by atoms with van der Waals surface area (Å²) in [6.45, 7) is 1.42. The monoisotopic (exact) mass is 372 g/mol. The molecule has 0 unspecified atom stereocenters. The highest BCUT2D eigenvalue weighted by Crippen LogP contribution is 2.26. The summed E-state index contributed by atoms with van der Waals surface area (Å²) in [5, 5.41) is 0. The first-order valence-corrected chi connectivity index (χ1v) is 9.36. The number of ketones is 1. The summed E-state index contributed by atoms with van der Waals surface area (Å²) in [5.74, 6) is -0.818. The third-order valence-electron chi connectivity index (χ3n) is 3.98. The Kier molecular flexibility index (Phi) is 4.60. The number of anilines is 2. The van der Waals surface area contributed by atoms with Gasteiger partial charge in [0.25, 0.3) is 10.0 Å². The molecule has 0 spiro atoms. The van der Waals surface area contributed by atoms with E-state index in [1.807, 2.05) is 0 Å². The van der Waals surface area contributed by atoms with Gasteiger partial charge in [-0.15, -0.1) is 0 Å². The predicted octanol–water partition coefficient (Wildman–Crippen LogP) is 2.34. The molecule has 0 aliphatic carbocycles. The normalized spacial score (nSPS) is 14.6. The minimum atomic E-state index is -3.92. The largest absolute Gasteiger partial charge is 0.295 e. The maximum atomic E-state index is 12.6. The van der Waals surface area contributed by atoms with Crippen molar-refractivity contribution in [3.63, 3.8) is 0 Å². The van der Waals surface area contributed by atoms with Gasteiger partial charge in [-0.3, -0.25) is 24.0 Å². The van der Waals surface area contributed by atoms with Crippen LogP contribution >= 0.6 is 0 Å². The molecular formula is C18H16N2O5S. The fourth-order valence-electron chi connectivity index (χ4n) is 2.64. The van der Waals surface area contributed by atoms with E-state index < -0.39 is 10.0 Å². The zero-order valence-corrected chi connectivity index (χ0v) is 14.7. The first-order chi connectivity index (χ1) is 12.3. The van der Waals surface area contributed by atoms with Crippen molar-refractivity contribution in [2.75, 3.05) is 9.62 Å². The lowest BCUT2D eigenvalue weighted by molar-refractivity contribution is -0.121. The molecule has 0 bridgehead atoms. The Morgan fingerprint density at radius 1 is 1.00 bits per heavy atom. The highest BCUT2D eigenvalue weighted by molar-refractivity contribution is 7.92. The number of hydrogen-bond donors (Lipinski definition) is 1. The van der Waals surface area contributed by atoms with Crippen LogP contribution in [0.15, 0.2) is 53.4 Å². The standard InChI is InChI=1S/C18H16N2O5S/c1-12(21)13-5-7-14(8-6-13)19-26(24,25)16-4-2-3-15(11-16)20-17(22)9-10-18(20)23/h2-8,11,19H,9-10H2,1H3. The van der Waals surface area contributed by atoms with Crippen LogP contribution in [-0.4, -0.2) is 26.0 Å². The highest BCUT2D eigenvalue weighted by atomic mass is 32.2. The molecule has 26 heavy (non-hydrogen) atoms. The number of benzene rings is 2. The van der Waals surface area contributed by atoms with Crippen molar-refractivity contribution >= 4 is 39.0 Å². The van der Waals surface area contributed by atoms with Crippen LogP contribution in [0, 0.1) is 0 Å². The van der Waals surface area contributed by atoms with Crippen LogP contribution in [0.25, 0.3) is 0 Å². The summed E-state index contributed by atoms with van der Waals surface area (Å²) in [6, 6.07) is 11.7. The topological polar surface area (TPSA) is 101 Å². The zero-order chi connectivity index (χ0) is 18.9. The summed E-state index contributed by atoms with van der Waals surface area (Å²) in [5.41, 5.74) is 1.00. The highest BCUT2D eigenvalue weighted by Gasteiger charge is 2.31. The van der Waals surface area contributed by atoms with Crippen molar-refractivity contribution in [3.05, 3.63) is 54.1 Å². The van der Waals surface area contributed by atoms with Gasteiger partial charge in [0, 0.05) is 24.1 Å². The Hall–Kier alpha value is -3.00. The van der Waals surface area contributed by atoms with Crippen LogP contribution in [0.2, 0.25) is 0 Å². The Morgan fingerprint density at radius 2 is 1.62 bits per heavy atom. The van der Waals surface area contributed by atoms with Gasteiger partial charge in [0.2, 0.25) is 11.8 Å². The molecule has 0 aromatic heterocycles. The molecule has 7 nitrogen and oxygen atoms in total. The number of carbonyl (C=O) groups excluding carboxylic acids is 3. The van der Waals surface area contributed by atoms with E-state index in [1.54, 1.807) is 0 Å². The zero-order valence-electron chi connectivity index (χ0n) is 13.9. The lowest BCUT2D eigenvalue weighted by atomic mass is 10.1. The molecule has 1 saturated heterocycles. The molecular weight excluding hydrogens is 356 g/mol. The van der Waals surface area contributed by atoms with Crippen molar-refractivity contribution in [1.29, 1.82) is 0 Å². The summed E-state index contributed by atoms with van der Waals surface area (Å²) >= 11 is 0. The first kappa shape index (κ1) is 17.8. The molecule has 1 aliphatic rings. The molecule has 0 atom stereocenters. The number of sulfonamides is 1. The third-order valence-corrected chi connectivity index (χ3v) is 5.36. The second-order valence-electron chi connectivity index (χ2n) is 5.86. The van der Waals surface area contributed by atoms with Gasteiger partial charge in [-0.2, -0.15) is 0 Å². The molecule has 1 aliphatic heterocycles. The van der Waals surface area contributed by atoms with Gasteiger partial charge in [0.15, 0.2) is 5.78 Å². The van der Waals surface area contributed by atoms with Crippen molar-refractivity contribution in [3.8, 4) is 0 Å². The molecule has 0 saturated carbocycles. The van der Waals surface area contributed by atoms with Gasteiger partial charge >= 0.3 is 0 Å². The molecule has 0 radical (unpaired) electrons. The number of amides is 2. The first-order valence-electron chi connectivity index (χ1n) is 7.87. The van der Waals surface area contributed by atoms with Crippen molar-refractivity contribution < 1.29 is 22.8 Å². The van der Waals surface area contributed by atoms with E-state index >= 15 is 0 Å². The molecule has 134 valence electrons. The molecule has 8 heteroatoms. The SMILES string of the molecule is CC(=O)c1ccc(NS(=O)(=O)c2cccc(N3C(=O)CCC3=O)c2)cc1. The van der Waals surface area contributed by atoms with Gasteiger partial charge < -0.3 is 0 Å². The number of Topliss-reactive ketones (excluding diaryl/α,β-unsaturated/α-hetero) is 1. The second-order valence-corrected chi connectivity index (χ2v) is 7.54. The van der Waals surface area contributed by atoms with E-state index in [1.165, 1.54) is 55.5 Å². The molecule has 1 N–H and O–H groups in total. The maximum Gasteiger partial charge on any atom is 0.261 e. The summed E-state index contributed by atoms with van der Waals surface area (Å²) in [7, 11) is -3.92. The van der Waals surface area contributed by atoms with Crippen molar-refractivity contribution in [2.24, 2.45) is 0 Å². The lowest BCUT2D eigenvalue weighted by Gasteiger charge is -2.15. The van der Waals surface area contributed by atoms with Gasteiger partial charge in [0.05, 0.1) is 10.6 Å². The smallest absolute Gasteiger partial charge is 0.261 e. The van der Waals surface area contributed by atoms with Crippen molar-refractivity contribution in [2.45, 2.75) is 24.7 Å². The number of rotatable bonds is 5. The average Bonchev–Trinajstić information content (AvgIpc) is 2.94. The van der Waals surface area contributed by atoms with Crippen LogP contribution < -0.4 is 9.62 Å². The maximum absolute atomic E-state index is 12.6. The second kappa shape index (κ2) is 6.72. The van der Waals surface area contributed by atoms with E-state index in [-0.39, 0.29) is 41.0 Å². The molecule has 1 fully saturated rings. The van der Waals surface area contributed by atoms with Crippen LogP contribution in [-0.2, 0) is 19.6 Å². The van der Waals surface area contributed by atoms with Crippen LogP contribution in [0.3, 0.4) is 0 Å². The van der Waals surface area contributed by atoms with Gasteiger partial charge in [-0.25, -0.2) is 8.42 Å². The molecule has 1 heterocycles. The number of nitrogens with one attached hydrogen (secondary N) is 1. The average molecular weight is 372 g/mol. The fraction of sp³-hybridized carbons (Fsp3) is 0.167. The third kappa shape index (κ3) is 3.50. The summed E-state index contributed by atoms with van der Waals surface area (Å²) in [6.07, 6.45) is 0.243. The minimum absolute atomic E-state index is 0.0712. The number of nitrogens with zero attached hydrogens (tertiary/aromatic N) is 1. The Balaban J connectivity index is 1.87. The Bertz CT molecular complexity index is 980. The number of carbonyl (C=O) groups is 3. The van der Waals surface area contributed by atoms with Gasteiger partial charge in [0.1, 0.15) is 0 Å². The van der Waals surface area contributed by atoms with E-state index in [0.717, 1.165) is 4.90 Å². The predicted molar refractivity (Wildman–Crippen MR) is 95.4 cm³/mol. The van der Waals surface area contributed by atoms with Gasteiger partial charge in [-0.1, -0.05) is 6.07 Å².